The van der Waals surface area contributed by atoms with Crippen LogP contribution in [-0.4, -0.2) is 66.0 Å². The van der Waals surface area contributed by atoms with Crippen molar-refractivity contribution in [1.82, 2.24) is 15.1 Å². The summed E-state index contributed by atoms with van der Waals surface area (Å²) in [6.45, 7) is 1.29. The van der Waals surface area contributed by atoms with Crippen LogP contribution in [0.15, 0.2) is 24.3 Å². The molecule has 2 fully saturated rings. The Bertz CT molecular complexity index is 694. The van der Waals surface area contributed by atoms with Crippen LogP contribution in [0, 0.1) is 11.7 Å². The van der Waals surface area contributed by atoms with Gasteiger partial charge in [0.15, 0.2) is 0 Å². The summed E-state index contributed by atoms with van der Waals surface area (Å²) < 4.78 is 13.7. The quantitative estimate of drug-likeness (QED) is 0.788. The molecule has 1 N–H and O–H groups in total. The predicted octanol–water partition coefficient (Wildman–Crippen LogP) is 2.97. The van der Waals surface area contributed by atoms with E-state index in [4.69, 9.17) is 0 Å². The summed E-state index contributed by atoms with van der Waals surface area (Å²) in [6, 6.07) is 5.28. The molecule has 2 amide bonds. The maximum atomic E-state index is 13.7. The van der Waals surface area contributed by atoms with E-state index in [1.54, 1.807) is 28.8 Å². The fourth-order valence-electron chi connectivity index (χ4n) is 4.06. The van der Waals surface area contributed by atoms with Crippen molar-refractivity contribution in [2.24, 2.45) is 5.92 Å². The summed E-state index contributed by atoms with van der Waals surface area (Å²) in [6.07, 6.45) is 5.74. The molecule has 1 aromatic carbocycles. The van der Waals surface area contributed by atoms with Gasteiger partial charge in [0, 0.05) is 24.4 Å². The summed E-state index contributed by atoms with van der Waals surface area (Å²) in [7, 11) is 3.91. The average Bonchev–Trinajstić information content (AvgIpc) is 3.13. The van der Waals surface area contributed by atoms with E-state index in [0.717, 1.165) is 19.4 Å². The maximum absolute atomic E-state index is 13.7. The van der Waals surface area contributed by atoms with Crippen molar-refractivity contribution in [3.8, 4) is 0 Å². The summed E-state index contributed by atoms with van der Waals surface area (Å²) in [5.41, 5.74) is 0.314. The van der Waals surface area contributed by atoms with Crippen LogP contribution < -0.4 is 5.32 Å². The van der Waals surface area contributed by atoms with Crippen LogP contribution in [0.4, 0.5) is 4.39 Å². The molecule has 0 aromatic heterocycles. The lowest BCUT2D eigenvalue weighted by molar-refractivity contribution is -0.125. The topological polar surface area (TPSA) is 52.7 Å². The molecule has 3 rings (SSSR count). The number of hydrogen-bond acceptors (Lipinski definition) is 4. The molecule has 1 saturated heterocycles. The molecule has 2 aliphatic rings. The van der Waals surface area contributed by atoms with Gasteiger partial charge in [-0.2, -0.15) is 0 Å². The number of benzene rings is 1. The van der Waals surface area contributed by atoms with Crippen molar-refractivity contribution < 1.29 is 14.0 Å². The van der Waals surface area contributed by atoms with E-state index < -0.39 is 11.9 Å². The van der Waals surface area contributed by atoms with E-state index in [1.807, 2.05) is 19.0 Å². The second-order valence-electron chi connectivity index (χ2n) is 7.95. The third kappa shape index (κ3) is 5.06. The molecule has 5 nitrogen and oxygen atoms in total. The molecule has 2 atom stereocenters. The summed E-state index contributed by atoms with van der Waals surface area (Å²) in [4.78, 5) is 29.9. The highest BCUT2D eigenvalue weighted by Crippen LogP contribution is 2.41. The van der Waals surface area contributed by atoms with Crippen LogP contribution in [0.2, 0.25) is 0 Å². The molecule has 0 radical (unpaired) electrons. The van der Waals surface area contributed by atoms with E-state index >= 15 is 0 Å². The van der Waals surface area contributed by atoms with E-state index in [1.165, 1.54) is 31.4 Å². The number of nitrogens with one attached hydrogen (secondary N) is 1. The standard InChI is InChI=1S/C21H30FN3O2S/c1-24(2)12-11-23-19(26)18-14-28-21(15-7-4-3-5-8-15)25(18)20(27)16-9-6-10-17(22)13-16/h6,9-10,13,15,18,21H,3-5,7-8,11-12,14H2,1-2H3,(H,23,26)/t18-,21-/m1/s1. The smallest absolute Gasteiger partial charge is 0.255 e. The SMILES string of the molecule is CN(C)CCNC(=O)[C@H]1CS[C@H](C2CCCCC2)N1C(=O)c1cccc(F)c1. The Morgan fingerprint density at radius 2 is 2.00 bits per heavy atom. The molecule has 0 unspecified atom stereocenters. The predicted molar refractivity (Wildman–Crippen MR) is 111 cm³/mol. The van der Waals surface area contributed by atoms with E-state index in [9.17, 15) is 14.0 Å². The monoisotopic (exact) mass is 407 g/mol. The van der Waals surface area contributed by atoms with Crippen molar-refractivity contribution in [3.05, 3.63) is 35.6 Å². The van der Waals surface area contributed by atoms with Crippen LogP contribution in [0.1, 0.15) is 42.5 Å². The Hall–Kier alpha value is -1.60. The maximum Gasteiger partial charge on any atom is 0.255 e. The Labute approximate surface area is 171 Å². The van der Waals surface area contributed by atoms with Gasteiger partial charge in [0.25, 0.3) is 5.91 Å². The molecule has 154 valence electrons. The number of halogens is 1. The number of carbonyl (C=O) groups excluding carboxylic acids is 2. The van der Waals surface area contributed by atoms with E-state index in [2.05, 4.69) is 5.32 Å². The van der Waals surface area contributed by atoms with Gasteiger partial charge in [0.2, 0.25) is 5.91 Å². The zero-order valence-electron chi connectivity index (χ0n) is 16.7. The highest BCUT2D eigenvalue weighted by Gasteiger charge is 2.45. The number of hydrogen-bond donors (Lipinski definition) is 1. The van der Waals surface area contributed by atoms with Crippen molar-refractivity contribution in [2.45, 2.75) is 43.5 Å². The fraction of sp³-hybridized carbons (Fsp3) is 0.619. The minimum atomic E-state index is -0.505. The van der Waals surface area contributed by atoms with Gasteiger partial charge < -0.3 is 15.1 Å². The third-order valence-electron chi connectivity index (χ3n) is 5.55. The first-order valence-corrected chi connectivity index (χ1v) is 11.1. The first kappa shape index (κ1) is 21.1. The second kappa shape index (κ2) is 9.74. The molecule has 1 saturated carbocycles. The minimum absolute atomic E-state index is 0.0133. The highest BCUT2D eigenvalue weighted by atomic mass is 32.2. The zero-order valence-corrected chi connectivity index (χ0v) is 17.5. The summed E-state index contributed by atoms with van der Waals surface area (Å²) in [5.74, 6) is 0.204. The average molecular weight is 408 g/mol. The van der Waals surface area contributed by atoms with Gasteiger partial charge in [0.1, 0.15) is 11.9 Å². The molecule has 0 spiro atoms. The molecule has 1 aliphatic heterocycles. The van der Waals surface area contributed by atoms with Crippen molar-refractivity contribution in [2.75, 3.05) is 32.9 Å². The molecular formula is C21H30FN3O2S. The molecule has 1 aliphatic carbocycles. The number of carbonyl (C=O) groups is 2. The molecule has 0 bridgehead atoms. The number of amides is 2. The lowest BCUT2D eigenvalue weighted by Crippen LogP contribution is -2.52. The molecular weight excluding hydrogens is 377 g/mol. The van der Waals surface area contributed by atoms with Crippen LogP contribution in [0.5, 0.6) is 0 Å². The Morgan fingerprint density at radius 1 is 1.25 bits per heavy atom. The van der Waals surface area contributed by atoms with Crippen LogP contribution >= 0.6 is 11.8 Å². The normalized spacial score (nSPS) is 23.2. The fourth-order valence-corrected chi connectivity index (χ4v) is 5.70. The van der Waals surface area contributed by atoms with E-state index in [0.29, 0.717) is 23.8 Å². The highest BCUT2D eigenvalue weighted by molar-refractivity contribution is 8.00. The second-order valence-corrected chi connectivity index (χ2v) is 9.10. The number of nitrogens with zero attached hydrogens (tertiary/aromatic N) is 2. The molecule has 28 heavy (non-hydrogen) atoms. The van der Waals surface area contributed by atoms with Crippen LogP contribution in [0.3, 0.4) is 0 Å². The van der Waals surface area contributed by atoms with Crippen LogP contribution in [0.25, 0.3) is 0 Å². The molecule has 7 heteroatoms. The van der Waals surface area contributed by atoms with Crippen molar-refractivity contribution in [1.29, 1.82) is 0 Å². The first-order chi connectivity index (χ1) is 13.5. The van der Waals surface area contributed by atoms with Gasteiger partial charge in [-0.3, -0.25) is 9.59 Å². The Kier molecular flexibility index (Phi) is 7.35. The summed E-state index contributed by atoms with van der Waals surface area (Å²) in [5, 5.41) is 2.95. The van der Waals surface area contributed by atoms with Gasteiger partial charge >= 0.3 is 0 Å². The number of rotatable bonds is 6. The van der Waals surface area contributed by atoms with Crippen LogP contribution in [-0.2, 0) is 4.79 Å². The number of thioether (sulfide) groups is 1. The summed E-state index contributed by atoms with van der Waals surface area (Å²) >= 11 is 1.70. The Morgan fingerprint density at radius 3 is 2.68 bits per heavy atom. The van der Waals surface area contributed by atoms with Gasteiger partial charge in [-0.1, -0.05) is 25.3 Å². The zero-order chi connectivity index (χ0) is 20.1. The number of likely N-dealkylation sites (N-methyl/N-ethyl adjacent to an activating group) is 1. The molecule has 1 aromatic rings. The van der Waals surface area contributed by atoms with E-state index in [-0.39, 0.29) is 17.2 Å². The van der Waals surface area contributed by atoms with Gasteiger partial charge in [-0.25, -0.2) is 4.39 Å². The van der Waals surface area contributed by atoms with Gasteiger partial charge in [0.05, 0.1) is 5.37 Å². The lowest BCUT2D eigenvalue weighted by Gasteiger charge is -2.35. The van der Waals surface area contributed by atoms with Gasteiger partial charge in [-0.05, 0) is 51.1 Å². The largest absolute Gasteiger partial charge is 0.353 e. The van der Waals surface area contributed by atoms with Crippen molar-refractivity contribution in [3.63, 3.8) is 0 Å². The first-order valence-electron chi connectivity index (χ1n) is 10.1. The minimum Gasteiger partial charge on any atom is -0.353 e. The Balaban J connectivity index is 1.80. The van der Waals surface area contributed by atoms with Gasteiger partial charge in [-0.15, -0.1) is 11.8 Å². The molecule has 1 heterocycles. The lowest BCUT2D eigenvalue weighted by atomic mass is 9.88. The van der Waals surface area contributed by atoms with Crippen molar-refractivity contribution >= 4 is 23.6 Å². The third-order valence-corrected chi connectivity index (χ3v) is 7.02.